The van der Waals surface area contributed by atoms with E-state index in [2.05, 4.69) is 21.2 Å². The normalized spacial score (nSPS) is 11.2. The maximum Gasteiger partial charge on any atom is 0.255 e. The Morgan fingerprint density at radius 1 is 1.14 bits per heavy atom. The number of primary amides is 1. The van der Waals surface area contributed by atoms with Crippen molar-refractivity contribution in [3.8, 4) is 11.5 Å². The van der Waals surface area contributed by atoms with Gasteiger partial charge in [0.25, 0.3) is 11.8 Å². The minimum Gasteiger partial charge on any atom is -0.493 e. The van der Waals surface area contributed by atoms with Crippen molar-refractivity contribution in [2.24, 2.45) is 5.73 Å². The molecule has 2 aromatic rings. The van der Waals surface area contributed by atoms with Gasteiger partial charge >= 0.3 is 0 Å². The highest BCUT2D eigenvalue weighted by atomic mass is 79.9. The lowest BCUT2D eigenvalue weighted by atomic mass is 10.2. The van der Waals surface area contributed by atoms with Crippen LogP contribution in [0.3, 0.4) is 0 Å². The van der Waals surface area contributed by atoms with Crippen molar-refractivity contribution in [1.82, 2.24) is 4.31 Å². The monoisotopic (exact) mass is 485 g/mol. The standard InChI is InChI=1S/C18H20BrN3O6S/c1-22(2)29(25,26)16-8-11(4-6-13(16)19)18(24)21-12-5-7-14(27-3)15(9-12)28-10-17(20)23/h4-9H,10H2,1-3H3,(H2,20,23)(H,21,24). The van der Waals surface area contributed by atoms with Crippen LogP contribution in [0.5, 0.6) is 11.5 Å². The number of carbonyl (C=O) groups is 2. The van der Waals surface area contributed by atoms with Crippen LogP contribution in [0.25, 0.3) is 0 Å². The van der Waals surface area contributed by atoms with Crippen LogP contribution in [0.15, 0.2) is 45.8 Å². The third kappa shape index (κ3) is 5.46. The van der Waals surface area contributed by atoms with Gasteiger partial charge in [-0.3, -0.25) is 9.59 Å². The molecule has 0 radical (unpaired) electrons. The van der Waals surface area contributed by atoms with Crippen molar-refractivity contribution >= 4 is 43.5 Å². The highest BCUT2D eigenvalue weighted by Gasteiger charge is 2.22. The van der Waals surface area contributed by atoms with Gasteiger partial charge in [-0.15, -0.1) is 0 Å². The van der Waals surface area contributed by atoms with Crippen LogP contribution in [-0.2, 0) is 14.8 Å². The van der Waals surface area contributed by atoms with E-state index in [1.807, 2.05) is 0 Å². The lowest BCUT2D eigenvalue weighted by Gasteiger charge is -2.15. The van der Waals surface area contributed by atoms with Crippen LogP contribution in [0, 0.1) is 0 Å². The van der Waals surface area contributed by atoms with Crippen LogP contribution in [-0.4, -0.2) is 52.3 Å². The minimum absolute atomic E-state index is 0.0321. The fourth-order valence-corrected chi connectivity index (χ4v) is 4.10. The van der Waals surface area contributed by atoms with Gasteiger partial charge in [0.1, 0.15) is 0 Å². The summed E-state index contributed by atoms with van der Waals surface area (Å²) in [5, 5.41) is 2.65. The number of anilines is 1. The average molecular weight is 486 g/mol. The third-order valence-electron chi connectivity index (χ3n) is 3.74. The maximum atomic E-state index is 12.6. The molecule has 0 atom stereocenters. The molecule has 3 N–H and O–H groups in total. The molecule has 0 heterocycles. The second-order valence-corrected chi connectivity index (χ2v) is 8.98. The minimum atomic E-state index is -3.74. The number of hydrogen-bond donors (Lipinski definition) is 2. The van der Waals surface area contributed by atoms with Crippen molar-refractivity contribution in [2.45, 2.75) is 4.90 Å². The summed E-state index contributed by atoms with van der Waals surface area (Å²) in [6.45, 7) is -0.355. The Morgan fingerprint density at radius 3 is 2.41 bits per heavy atom. The molecule has 0 fully saturated rings. The van der Waals surface area contributed by atoms with Crippen molar-refractivity contribution < 1.29 is 27.5 Å². The molecule has 11 heteroatoms. The summed E-state index contributed by atoms with van der Waals surface area (Å²) in [5.74, 6) is -0.618. The van der Waals surface area contributed by atoms with Gasteiger partial charge in [0.05, 0.1) is 12.0 Å². The van der Waals surface area contributed by atoms with Gasteiger partial charge in [-0.05, 0) is 46.3 Å². The Labute approximate surface area is 177 Å². The Kier molecular flexibility index (Phi) is 7.22. The molecule has 0 saturated carbocycles. The molecule has 2 rings (SSSR count). The highest BCUT2D eigenvalue weighted by molar-refractivity contribution is 9.10. The zero-order chi connectivity index (χ0) is 21.8. The SMILES string of the molecule is COc1ccc(NC(=O)c2ccc(Br)c(S(=O)(=O)N(C)C)c2)cc1OCC(N)=O. The van der Waals surface area contributed by atoms with E-state index >= 15 is 0 Å². The lowest BCUT2D eigenvalue weighted by Crippen LogP contribution is -2.23. The largest absolute Gasteiger partial charge is 0.493 e. The lowest BCUT2D eigenvalue weighted by molar-refractivity contribution is -0.119. The summed E-state index contributed by atoms with van der Waals surface area (Å²) in [7, 11) is 0.493. The second kappa shape index (κ2) is 9.25. The van der Waals surface area contributed by atoms with E-state index in [1.54, 1.807) is 12.1 Å². The van der Waals surface area contributed by atoms with Crippen LogP contribution in [0.4, 0.5) is 5.69 Å². The van der Waals surface area contributed by atoms with Crippen LogP contribution < -0.4 is 20.5 Å². The van der Waals surface area contributed by atoms with E-state index in [1.165, 1.54) is 45.5 Å². The predicted molar refractivity (Wildman–Crippen MR) is 111 cm³/mol. The highest BCUT2D eigenvalue weighted by Crippen LogP contribution is 2.31. The van der Waals surface area contributed by atoms with Crippen molar-refractivity contribution in [3.63, 3.8) is 0 Å². The summed E-state index contributed by atoms with van der Waals surface area (Å²) >= 11 is 3.20. The molecule has 2 amide bonds. The second-order valence-electron chi connectivity index (χ2n) is 6.01. The molecule has 2 aromatic carbocycles. The van der Waals surface area contributed by atoms with Crippen molar-refractivity contribution in [3.05, 3.63) is 46.4 Å². The molecule has 9 nitrogen and oxygen atoms in total. The molecule has 0 spiro atoms. The molecule has 0 unspecified atom stereocenters. The van der Waals surface area contributed by atoms with Gasteiger partial charge in [0.2, 0.25) is 10.0 Å². The Hall–Kier alpha value is -2.63. The summed E-state index contributed by atoms with van der Waals surface area (Å²) in [6, 6.07) is 8.85. The zero-order valence-electron chi connectivity index (χ0n) is 15.9. The fraction of sp³-hybridized carbons (Fsp3) is 0.222. The van der Waals surface area contributed by atoms with Gasteiger partial charge in [0.15, 0.2) is 18.1 Å². The summed E-state index contributed by atoms with van der Waals surface area (Å²) < 4.78 is 36.7. The number of sulfonamides is 1. The number of halogens is 1. The van der Waals surface area contributed by atoms with Gasteiger partial charge in [-0.2, -0.15) is 0 Å². The van der Waals surface area contributed by atoms with Crippen LogP contribution in [0.1, 0.15) is 10.4 Å². The first-order valence-electron chi connectivity index (χ1n) is 8.19. The number of benzene rings is 2. The number of nitrogens with zero attached hydrogens (tertiary/aromatic N) is 1. The number of hydrogen-bond acceptors (Lipinski definition) is 6. The number of nitrogens with one attached hydrogen (secondary N) is 1. The summed E-state index contributed by atoms with van der Waals surface area (Å²) in [6.07, 6.45) is 0. The zero-order valence-corrected chi connectivity index (χ0v) is 18.3. The molecule has 0 bridgehead atoms. The smallest absolute Gasteiger partial charge is 0.255 e. The first-order chi connectivity index (χ1) is 13.6. The molecule has 29 heavy (non-hydrogen) atoms. The molecular formula is C18H20BrN3O6S. The molecule has 156 valence electrons. The van der Waals surface area contributed by atoms with Crippen molar-refractivity contribution in [2.75, 3.05) is 33.1 Å². The van der Waals surface area contributed by atoms with Crippen LogP contribution >= 0.6 is 15.9 Å². The fourth-order valence-electron chi connectivity index (χ4n) is 2.26. The first kappa shape index (κ1) is 22.7. The summed E-state index contributed by atoms with van der Waals surface area (Å²) in [4.78, 5) is 23.5. The van der Waals surface area contributed by atoms with Gasteiger partial charge in [-0.25, -0.2) is 12.7 Å². The topological polar surface area (TPSA) is 128 Å². The molecule has 0 aliphatic rings. The van der Waals surface area contributed by atoms with Crippen molar-refractivity contribution in [1.29, 1.82) is 0 Å². The first-order valence-corrected chi connectivity index (χ1v) is 10.4. The molecular weight excluding hydrogens is 466 g/mol. The Balaban J connectivity index is 2.31. The number of rotatable bonds is 8. The van der Waals surface area contributed by atoms with E-state index < -0.39 is 21.8 Å². The van der Waals surface area contributed by atoms with E-state index in [-0.39, 0.29) is 22.8 Å². The predicted octanol–water partition coefficient (Wildman–Crippen LogP) is 1.82. The number of ether oxygens (including phenoxy) is 2. The summed E-state index contributed by atoms with van der Waals surface area (Å²) in [5.41, 5.74) is 5.58. The van der Waals surface area contributed by atoms with Crippen LogP contribution in [0.2, 0.25) is 0 Å². The Morgan fingerprint density at radius 2 is 1.83 bits per heavy atom. The van der Waals surface area contributed by atoms with Gasteiger partial charge in [0, 0.05) is 35.9 Å². The quantitative estimate of drug-likeness (QED) is 0.586. The number of nitrogens with two attached hydrogens (primary N) is 1. The van der Waals surface area contributed by atoms with E-state index in [0.29, 0.717) is 15.9 Å². The number of amides is 2. The molecule has 0 aliphatic heterocycles. The maximum absolute atomic E-state index is 12.6. The number of carbonyl (C=O) groups excluding carboxylic acids is 2. The third-order valence-corrected chi connectivity index (χ3v) is 6.55. The molecule has 0 aromatic heterocycles. The van der Waals surface area contributed by atoms with E-state index in [9.17, 15) is 18.0 Å². The molecule has 0 aliphatic carbocycles. The average Bonchev–Trinajstić information content (AvgIpc) is 2.66. The van der Waals surface area contributed by atoms with E-state index in [0.717, 1.165) is 4.31 Å². The van der Waals surface area contributed by atoms with Gasteiger partial charge < -0.3 is 20.5 Å². The Bertz CT molecular complexity index is 1040. The molecule has 0 saturated heterocycles. The number of methoxy groups -OCH3 is 1. The van der Waals surface area contributed by atoms with Gasteiger partial charge in [-0.1, -0.05) is 0 Å². The van der Waals surface area contributed by atoms with E-state index in [4.69, 9.17) is 15.2 Å².